The van der Waals surface area contributed by atoms with Crippen LogP contribution in [0.15, 0.2) is 23.2 Å². The van der Waals surface area contributed by atoms with Crippen molar-refractivity contribution >= 4 is 23.2 Å². The average Bonchev–Trinajstić information content (AvgIpc) is 2.61. The van der Waals surface area contributed by atoms with Gasteiger partial charge in [-0.15, -0.1) is 0 Å². The van der Waals surface area contributed by atoms with Crippen LogP contribution in [0.4, 0.5) is 24.5 Å². The molecular weight excluding hydrogens is 377 g/mol. The fraction of sp³-hybridized carbons (Fsp3) is 0.529. The Hall–Kier alpha value is -2.37. The highest BCUT2D eigenvalue weighted by Crippen LogP contribution is 2.20. The molecule has 1 unspecified atom stereocenters. The van der Waals surface area contributed by atoms with Gasteiger partial charge < -0.3 is 20.7 Å². The van der Waals surface area contributed by atoms with Crippen LogP contribution < -0.4 is 21.2 Å². The summed E-state index contributed by atoms with van der Waals surface area (Å²) in [5, 5.41) is 16.8. The molecule has 156 valence electrons. The lowest BCUT2D eigenvalue weighted by molar-refractivity contribution is -0.816. The number of aliphatic imine (C=N–C) groups is 1. The van der Waals surface area contributed by atoms with E-state index in [0.717, 1.165) is 11.3 Å². The highest BCUT2D eigenvalue weighted by atomic mass is 19.4. The molecule has 1 aromatic carbocycles. The maximum atomic E-state index is 12.1. The summed E-state index contributed by atoms with van der Waals surface area (Å²) in [6, 6.07) is 5.51. The van der Waals surface area contributed by atoms with Gasteiger partial charge in [-0.2, -0.15) is 18.6 Å². The van der Waals surface area contributed by atoms with E-state index in [9.17, 15) is 23.2 Å². The minimum atomic E-state index is -4.84. The van der Waals surface area contributed by atoms with Crippen molar-refractivity contribution in [2.45, 2.75) is 25.9 Å². The zero-order chi connectivity index (χ0) is 20.7. The number of benzene rings is 1. The first-order valence-electron chi connectivity index (χ1n) is 8.94. The number of guanidine groups is 1. The van der Waals surface area contributed by atoms with Gasteiger partial charge in [-0.25, -0.2) is 10.2 Å². The van der Waals surface area contributed by atoms with Gasteiger partial charge in [-0.1, -0.05) is 6.07 Å². The molecule has 4 N–H and O–H groups in total. The van der Waals surface area contributed by atoms with Crippen LogP contribution in [0.1, 0.15) is 18.4 Å². The molecule has 1 heterocycles. The number of aryl methyl sites for hydroxylation is 1. The van der Waals surface area contributed by atoms with E-state index >= 15 is 0 Å². The van der Waals surface area contributed by atoms with Gasteiger partial charge in [-0.3, -0.25) is 4.79 Å². The number of halogens is 3. The molecule has 0 saturated heterocycles. The maximum Gasteiger partial charge on any atom is 0.471 e. The zero-order valence-corrected chi connectivity index (χ0v) is 15.8. The van der Waals surface area contributed by atoms with E-state index in [0.29, 0.717) is 44.1 Å². The van der Waals surface area contributed by atoms with E-state index in [1.165, 1.54) is 0 Å². The molecule has 1 aromatic rings. The van der Waals surface area contributed by atoms with Crippen LogP contribution in [-0.2, 0) is 4.79 Å². The van der Waals surface area contributed by atoms with Crippen molar-refractivity contribution in [2.75, 3.05) is 38.5 Å². The van der Waals surface area contributed by atoms with Gasteiger partial charge in [0.15, 0.2) is 5.69 Å². The van der Waals surface area contributed by atoms with Crippen molar-refractivity contribution in [3.05, 3.63) is 29.0 Å². The number of hydrogen-bond acceptors (Lipinski definition) is 4. The Morgan fingerprint density at radius 2 is 2.04 bits per heavy atom. The lowest BCUT2D eigenvalue weighted by Crippen LogP contribution is -3.11. The number of nitrogens with zero attached hydrogens (tertiary/aromatic N) is 2. The first-order chi connectivity index (χ1) is 13.2. The standard InChI is InChI=1S/C17H25F3N6O2/c1-12-5-6-14-13(11-12)23-16(24-26(14)28)22-8-4-10-25(2)9-3-7-21-15(27)17(18,19)20/h5-6,11,26H,3-4,7-10H2,1-2H3,(H,21,27)(H2,22,23,24). The minimum Gasteiger partial charge on any atom is -0.603 e. The van der Waals surface area contributed by atoms with Gasteiger partial charge >= 0.3 is 12.1 Å². The third-order valence-corrected chi connectivity index (χ3v) is 4.13. The molecular formula is C17H25F3N6O2. The Kier molecular flexibility index (Phi) is 7.61. The molecule has 2 rings (SSSR count). The predicted octanol–water partition coefficient (Wildman–Crippen LogP) is 0.686. The van der Waals surface area contributed by atoms with Crippen molar-refractivity contribution in [1.82, 2.24) is 15.6 Å². The first-order valence-corrected chi connectivity index (χ1v) is 8.94. The number of rotatable bonds is 8. The number of alkyl halides is 3. The summed E-state index contributed by atoms with van der Waals surface area (Å²) in [5.41, 5.74) is 5.03. The Bertz CT molecular complexity index is 711. The van der Waals surface area contributed by atoms with Crippen LogP contribution in [0.5, 0.6) is 0 Å². The van der Waals surface area contributed by atoms with Crippen LogP contribution >= 0.6 is 0 Å². The molecule has 0 aliphatic carbocycles. The Morgan fingerprint density at radius 3 is 2.75 bits per heavy atom. The maximum absolute atomic E-state index is 12.1. The SMILES string of the molecule is Cc1ccc2c(c1)NC(=NCCCN(C)CCCNC(=O)C(F)(F)F)N[NH+]2[O-]. The normalized spacial score (nSPS) is 17.8. The molecule has 11 heteroatoms. The summed E-state index contributed by atoms with van der Waals surface area (Å²) < 4.78 is 36.2. The van der Waals surface area contributed by atoms with Crippen molar-refractivity contribution in [3.63, 3.8) is 0 Å². The predicted molar refractivity (Wildman–Crippen MR) is 100 cm³/mol. The van der Waals surface area contributed by atoms with Crippen LogP contribution in [0, 0.1) is 12.1 Å². The topological polar surface area (TPSA) is 96.3 Å². The number of nitrogens with one attached hydrogen (secondary N) is 4. The molecule has 0 fully saturated rings. The molecule has 0 aromatic heterocycles. The molecule has 0 radical (unpaired) electrons. The molecule has 0 spiro atoms. The fourth-order valence-corrected chi connectivity index (χ4v) is 2.67. The third kappa shape index (κ3) is 6.66. The summed E-state index contributed by atoms with van der Waals surface area (Å²) in [7, 11) is 1.85. The van der Waals surface area contributed by atoms with Gasteiger partial charge in [0, 0.05) is 19.2 Å². The van der Waals surface area contributed by atoms with E-state index in [4.69, 9.17) is 0 Å². The number of fused-ring (bicyclic) bond motifs is 1. The van der Waals surface area contributed by atoms with Gasteiger partial charge in [0.1, 0.15) is 5.69 Å². The second-order valence-corrected chi connectivity index (χ2v) is 6.62. The quantitative estimate of drug-likeness (QED) is 0.379. The van der Waals surface area contributed by atoms with Crippen molar-refractivity contribution in [2.24, 2.45) is 4.99 Å². The molecule has 28 heavy (non-hydrogen) atoms. The molecule has 1 amide bonds. The van der Waals surface area contributed by atoms with E-state index in [1.807, 2.05) is 36.3 Å². The van der Waals surface area contributed by atoms with E-state index in [2.05, 4.69) is 15.7 Å². The lowest BCUT2D eigenvalue weighted by Gasteiger charge is -2.30. The molecule has 8 nitrogen and oxygen atoms in total. The highest BCUT2D eigenvalue weighted by molar-refractivity contribution is 5.96. The van der Waals surface area contributed by atoms with Crippen LogP contribution in [0.25, 0.3) is 0 Å². The minimum absolute atomic E-state index is 0.0280. The fourth-order valence-electron chi connectivity index (χ4n) is 2.67. The Balaban J connectivity index is 1.66. The van der Waals surface area contributed by atoms with Gasteiger partial charge in [0.05, 0.1) is 0 Å². The summed E-state index contributed by atoms with van der Waals surface area (Å²) >= 11 is 0. The molecule has 0 bridgehead atoms. The van der Waals surface area contributed by atoms with Crippen molar-refractivity contribution < 1.29 is 23.1 Å². The largest absolute Gasteiger partial charge is 0.603 e. The number of carbonyl (C=O) groups is 1. The first kappa shape index (κ1) is 21.9. The lowest BCUT2D eigenvalue weighted by atomic mass is 10.2. The van der Waals surface area contributed by atoms with Crippen LogP contribution in [0.2, 0.25) is 0 Å². The van der Waals surface area contributed by atoms with Gasteiger partial charge in [0.2, 0.25) is 5.96 Å². The number of hydrogen-bond donors (Lipinski definition) is 4. The Labute approximate surface area is 161 Å². The summed E-state index contributed by atoms with van der Waals surface area (Å²) in [6.45, 7) is 3.64. The third-order valence-electron chi connectivity index (χ3n) is 4.13. The van der Waals surface area contributed by atoms with Crippen LogP contribution in [-0.4, -0.2) is 56.2 Å². The molecule has 1 aliphatic rings. The average molecular weight is 402 g/mol. The zero-order valence-electron chi connectivity index (χ0n) is 15.8. The smallest absolute Gasteiger partial charge is 0.471 e. The van der Waals surface area contributed by atoms with Gasteiger partial charge in [0.25, 0.3) is 0 Å². The number of quaternary nitrogens is 1. The van der Waals surface area contributed by atoms with Crippen molar-refractivity contribution in [1.29, 1.82) is 0 Å². The number of carbonyl (C=O) groups excluding carboxylic acids is 1. The second kappa shape index (κ2) is 9.71. The molecule has 0 saturated carbocycles. The van der Waals surface area contributed by atoms with Gasteiger partial charge in [-0.05, 0) is 51.5 Å². The highest BCUT2D eigenvalue weighted by Gasteiger charge is 2.38. The number of amides is 1. The summed E-state index contributed by atoms with van der Waals surface area (Å²) in [6.07, 6.45) is -3.71. The van der Waals surface area contributed by atoms with Crippen molar-refractivity contribution in [3.8, 4) is 0 Å². The van der Waals surface area contributed by atoms with E-state index in [-0.39, 0.29) is 11.7 Å². The summed E-state index contributed by atoms with van der Waals surface area (Å²) in [5.74, 6) is -1.51. The number of anilines is 1. The Morgan fingerprint density at radius 1 is 1.32 bits per heavy atom. The summed E-state index contributed by atoms with van der Waals surface area (Å²) in [4.78, 5) is 17.0. The van der Waals surface area contributed by atoms with Crippen LogP contribution in [0.3, 0.4) is 0 Å². The molecule has 1 atom stereocenters. The van der Waals surface area contributed by atoms with E-state index < -0.39 is 12.1 Å². The second-order valence-electron chi connectivity index (χ2n) is 6.62. The monoisotopic (exact) mass is 402 g/mol. The van der Waals surface area contributed by atoms with E-state index in [1.54, 1.807) is 6.07 Å². The molecule has 1 aliphatic heterocycles.